The Labute approximate surface area is 288 Å². The summed E-state index contributed by atoms with van der Waals surface area (Å²) in [6.07, 6.45) is 26.2. The van der Waals surface area contributed by atoms with Crippen molar-refractivity contribution in [3.05, 3.63) is 120 Å². The van der Waals surface area contributed by atoms with Crippen molar-refractivity contribution < 1.29 is 14.2 Å². The van der Waals surface area contributed by atoms with Gasteiger partial charge in [0.1, 0.15) is 11.7 Å². The van der Waals surface area contributed by atoms with E-state index in [0.29, 0.717) is 13.2 Å². The Morgan fingerprint density at radius 1 is 0.511 bits per heavy atom. The van der Waals surface area contributed by atoms with Crippen molar-refractivity contribution >= 4 is 0 Å². The van der Waals surface area contributed by atoms with Crippen LogP contribution in [0.15, 0.2) is 103 Å². The normalized spacial score (nSPS) is 12.5. The minimum absolute atomic E-state index is 0.213. The summed E-state index contributed by atoms with van der Waals surface area (Å²) in [4.78, 5) is 0. The van der Waals surface area contributed by atoms with Crippen molar-refractivity contribution in [2.24, 2.45) is 0 Å². The first-order valence-electron chi connectivity index (χ1n) is 19.0. The van der Waals surface area contributed by atoms with Crippen LogP contribution in [0.5, 0.6) is 0 Å². The smallest absolute Gasteiger partial charge is 0.144 e. The summed E-state index contributed by atoms with van der Waals surface area (Å²) in [7, 11) is 0. The van der Waals surface area contributed by atoms with Crippen LogP contribution < -0.4 is 0 Å². The van der Waals surface area contributed by atoms with Gasteiger partial charge in [-0.1, -0.05) is 195 Å². The van der Waals surface area contributed by atoms with Crippen molar-refractivity contribution in [2.45, 2.75) is 135 Å². The van der Waals surface area contributed by atoms with Gasteiger partial charge in [-0.3, -0.25) is 0 Å². The zero-order valence-electron chi connectivity index (χ0n) is 29.8. The first-order valence-corrected chi connectivity index (χ1v) is 19.0. The molecule has 0 amide bonds. The van der Waals surface area contributed by atoms with Gasteiger partial charge < -0.3 is 14.2 Å². The highest BCUT2D eigenvalue weighted by Crippen LogP contribution is 2.40. The topological polar surface area (TPSA) is 27.7 Å². The molecule has 0 aliphatic rings. The molecule has 0 aliphatic carbocycles. The molecule has 0 saturated carbocycles. The van der Waals surface area contributed by atoms with E-state index in [1.54, 1.807) is 0 Å². The molecule has 3 aromatic carbocycles. The predicted molar refractivity (Wildman–Crippen MR) is 200 cm³/mol. The van der Waals surface area contributed by atoms with Crippen LogP contribution in [0.2, 0.25) is 0 Å². The number of rotatable bonds is 28. The average Bonchev–Trinajstić information content (AvgIpc) is 3.12. The maximum absolute atomic E-state index is 7.07. The molecule has 3 aromatic rings. The third-order valence-electron chi connectivity index (χ3n) is 9.06. The maximum atomic E-state index is 7.07. The second-order valence-corrected chi connectivity index (χ2v) is 13.0. The zero-order valence-corrected chi connectivity index (χ0v) is 29.8. The molecule has 3 rings (SSSR count). The van der Waals surface area contributed by atoms with E-state index < -0.39 is 5.60 Å². The van der Waals surface area contributed by atoms with Crippen molar-refractivity contribution in [1.82, 2.24) is 0 Å². The number of hydrogen-bond acceptors (Lipinski definition) is 3. The van der Waals surface area contributed by atoms with Crippen LogP contribution in [-0.4, -0.2) is 25.9 Å². The standard InChI is InChI=1S/C44H64O3/c1-3-5-7-9-10-11-12-13-14-15-16-17-18-28-36-45-38-43(46-37-29-8-6-4-2)39-47-44(40-30-22-19-23-31-40,41-32-24-20-25-33-41)42-34-26-21-27-35-42/h19-27,29-35,37,43H,3-18,28,36,38-39H2,1-2H3/t43-/m1/s1. The van der Waals surface area contributed by atoms with Gasteiger partial charge in [0.25, 0.3) is 0 Å². The van der Waals surface area contributed by atoms with Gasteiger partial charge >= 0.3 is 0 Å². The van der Waals surface area contributed by atoms with Crippen LogP contribution in [0.25, 0.3) is 0 Å². The molecule has 0 N–H and O–H groups in total. The Morgan fingerprint density at radius 3 is 1.38 bits per heavy atom. The molecule has 3 heteroatoms. The van der Waals surface area contributed by atoms with Crippen LogP contribution in [-0.2, 0) is 19.8 Å². The lowest BCUT2D eigenvalue weighted by Crippen LogP contribution is -2.37. The predicted octanol–water partition coefficient (Wildman–Crippen LogP) is 12.6. The van der Waals surface area contributed by atoms with Crippen LogP contribution >= 0.6 is 0 Å². The summed E-state index contributed by atoms with van der Waals surface area (Å²) in [6, 6.07) is 31.6. The first-order chi connectivity index (χ1) is 23.3. The Hall–Kier alpha value is -2.88. The second kappa shape index (κ2) is 25.2. The lowest BCUT2D eigenvalue weighted by atomic mass is 9.80. The van der Waals surface area contributed by atoms with E-state index >= 15 is 0 Å². The molecule has 0 unspecified atom stereocenters. The number of ether oxygens (including phenoxy) is 3. The fourth-order valence-corrected chi connectivity index (χ4v) is 6.28. The van der Waals surface area contributed by atoms with Crippen molar-refractivity contribution in [3.8, 4) is 0 Å². The third-order valence-corrected chi connectivity index (χ3v) is 9.06. The molecule has 1 atom stereocenters. The lowest BCUT2D eigenvalue weighted by molar-refractivity contribution is -0.0685. The number of unbranched alkanes of at least 4 members (excludes halogenated alkanes) is 15. The molecule has 47 heavy (non-hydrogen) atoms. The summed E-state index contributed by atoms with van der Waals surface area (Å²) in [6.45, 7) is 6.17. The molecule has 0 aliphatic heterocycles. The van der Waals surface area contributed by atoms with Crippen LogP contribution in [0.1, 0.15) is 140 Å². The molecule has 258 valence electrons. The molecule has 0 heterocycles. The largest absolute Gasteiger partial charge is 0.494 e. The molecule has 0 spiro atoms. The second-order valence-electron chi connectivity index (χ2n) is 13.0. The third kappa shape index (κ3) is 14.8. The summed E-state index contributed by atoms with van der Waals surface area (Å²) < 4.78 is 19.6. The van der Waals surface area contributed by atoms with E-state index in [-0.39, 0.29) is 6.10 Å². The SMILES string of the molecule is CCCCC=CO[C@H](COCCCCCCCCCCCCCCCC)COC(c1ccccc1)(c1ccccc1)c1ccccc1. The molecule has 0 fully saturated rings. The number of benzene rings is 3. The summed E-state index contributed by atoms with van der Waals surface area (Å²) in [5, 5.41) is 0. The van der Waals surface area contributed by atoms with Crippen LogP contribution in [0, 0.1) is 0 Å². The van der Waals surface area contributed by atoms with Crippen molar-refractivity contribution in [3.63, 3.8) is 0 Å². The number of allylic oxidation sites excluding steroid dienone is 1. The van der Waals surface area contributed by atoms with Crippen molar-refractivity contribution in [2.75, 3.05) is 19.8 Å². The molecular formula is C44H64O3. The number of hydrogen-bond donors (Lipinski definition) is 0. The molecule has 0 radical (unpaired) electrons. The average molecular weight is 641 g/mol. The van der Waals surface area contributed by atoms with Gasteiger partial charge in [0.15, 0.2) is 0 Å². The van der Waals surface area contributed by atoms with E-state index in [2.05, 4.69) is 111 Å². The van der Waals surface area contributed by atoms with E-state index in [9.17, 15) is 0 Å². The van der Waals surface area contributed by atoms with Gasteiger partial charge in [-0.15, -0.1) is 0 Å². The summed E-state index contributed by atoms with van der Waals surface area (Å²) >= 11 is 0. The fraction of sp³-hybridized carbons (Fsp3) is 0.545. The lowest BCUT2D eigenvalue weighted by Gasteiger charge is -2.37. The maximum Gasteiger partial charge on any atom is 0.144 e. The summed E-state index contributed by atoms with van der Waals surface area (Å²) in [5.41, 5.74) is 2.51. The van der Waals surface area contributed by atoms with Crippen molar-refractivity contribution in [1.29, 1.82) is 0 Å². The van der Waals surface area contributed by atoms with Gasteiger partial charge in [0, 0.05) is 6.61 Å². The monoisotopic (exact) mass is 640 g/mol. The highest BCUT2D eigenvalue weighted by molar-refractivity contribution is 5.47. The van der Waals surface area contributed by atoms with E-state index in [4.69, 9.17) is 14.2 Å². The van der Waals surface area contributed by atoms with Crippen LogP contribution in [0.4, 0.5) is 0 Å². The highest BCUT2D eigenvalue weighted by Gasteiger charge is 2.38. The first kappa shape index (κ1) is 38.6. The van der Waals surface area contributed by atoms with E-state index in [1.165, 1.54) is 89.9 Å². The van der Waals surface area contributed by atoms with Gasteiger partial charge in [0.2, 0.25) is 0 Å². The molecule has 3 nitrogen and oxygen atoms in total. The van der Waals surface area contributed by atoms with Gasteiger partial charge in [-0.25, -0.2) is 0 Å². The van der Waals surface area contributed by atoms with Crippen LogP contribution in [0.3, 0.4) is 0 Å². The Bertz CT molecular complexity index is 1050. The molecular weight excluding hydrogens is 576 g/mol. The van der Waals surface area contributed by atoms with E-state index in [1.807, 2.05) is 6.26 Å². The molecule has 0 aromatic heterocycles. The quantitative estimate of drug-likeness (QED) is 0.0449. The minimum atomic E-state index is -0.772. The minimum Gasteiger partial charge on any atom is -0.494 e. The zero-order chi connectivity index (χ0) is 33.1. The fourth-order valence-electron chi connectivity index (χ4n) is 6.28. The summed E-state index contributed by atoms with van der Waals surface area (Å²) in [5.74, 6) is 0. The molecule has 0 bridgehead atoms. The molecule has 0 saturated heterocycles. The highest BCUT2D eigenvalue weighted by atomic mass is 16.6. The Kier molecular flexibility index (Phi) is 20.7. The van der Waals surface area contributed by atoms with Gasteiger partial charge in [0.05, 0.1) is 19.5 Å². The van der Waals surface area contributed by atoms with Gasteiger partial charge in [-0.05, 0) is 42.0 Å². The Morgan fingerprint density at radius 2 is 0.936 bits per heavy atom. The Balaban J connectivity index is 1.51. The van der Waals surface area contributed by atoms with Gasteiger partial charge in [-0.2, -0.15) is 0 Å². The van der Waals surface area contributed by atoms with E-state index in [0.717, 1.165) is 42.6 Å².